The van der Waals surface area contributed by atoms with E-state index in [0.717, 1.165) is 11.1 Å². The molecule has 2 aliphatic carbocycles. The van der Waals surface area contributed by atoms with E-state index in [2.05, 4.69) is 4.99 Å². The molecule has 0 aromatic rings. The number of hydrogen-bond donors (Lipinski definition) is 0. The molecule has 0 aromatic heterocycles. The SMILES string of the molecule is O=C1C=C2CC3(CC2=C1)OC=NC3=O. The van der Waals surface area contributed by atoms with E-state index >= 15 is 0 Å². The van der Waals surface area contributed by atoms with Crippen molar-refractivity contribution in [2.24, 2.45) is 4.99 Å². The average molecular weight is 189 g/mol. The molecule has 1 amide bonds. The number of carbonyl (C=O) groups excluding carboxylic acids is 2. The molecule has 0 aromatic carbocycles. The summed E-state index contributed by atoms with van der Waals surface area (Å²) in [5.41, 5.74) is 1.03. The molecule has 14 heavy (non-hydrogen) atoms. The van der Waals surface area contributed by atoms with Gasteiger partial charge < -0.3 is 4.74 Å². The Balaban J connectivity index is 1.99. The molecule has 70 valence electrons. The third-order valence-corrected chi connectivity index (χ3v) is 2.84. The maximum absolute atomic E-state index is 11.4. The summed E-state index contributed by atoms with van der Waals surface area (Å²) < 4.78 is 5.25. The van der Waals surface area contributed by atoms with E-state index < -0.39 is 5.60 Å². The zero-order valence-electron chi connectivity index (χ0n) is 7.32. The molecule has 0 radical (unpaired) electrons. The zero-order valence-corrected chi connectivity index (χ0v) is 7.32. The molecule has 0 unspecified atom stereocenters. The van der Waals surface area contributed by atoms with Crippen LogP contribution in [0.5, 0.6) is 0 Å². The van der Waals surface area contributed by atoms with Crippen LogP contribution in [0.3, 0.4) is 0 Å². The lowest BCUT2D eigenvalue weighted by molar-refractivity contribution is -0.129. The van der Waals surface area contributed by atoms with Crippen LogP contribution in [0.25, 0.3) is 0 Å². The van der Waals surface area contributed by atoms with Crippen molar-refractivity contribution in [1.82, 2.24) is 0 Å². The number of nitrogens with zero attached hydrogens (tertiary/aromatic N) is 1. The first-order chi connectivity index (χ1) is 6.70. The molecule has 3 aliphatic rings. The van der Waals surface area contributed by atoms with Crippen molar-refractivity contribution >= 4 is 18.1 Å². The Morgan fingerprint density at radius 3 is 2.36 bits per heavy atom. The Morgan fingerprint density at radius 1 is 1.21 bits per heavy atom. The standard InChI is InChI=1S/C10H7NO3/c12-8-1-6-3-10(4-7(6)2-8)9(13)11-5-14-10/h1-2,5H,3-4H2. The van der Waals surface area contributed by atoms with Crippen LogP contribution in [-0.4, -0.2) is 23.7 Å². The molecular formula is C10H7NO3. The van der Waals surface area contributed by atoms with Crippen molar-refractivity contribution in [3.63, 3.8) is 0 Å². The smallest absolute Gasteiger partial charge is 0.293 e. The van der Waals surface area contributed by atoms with Gasteiger partial charge in [0.1, 0.15) is 0 Å². The van der Waals surface area contributed by atoms with E-state index in [1.807, 2.05) is 0 Å². The van der Waals surface area contributed by atoms with Gasteiger partial charge in [0, 0.05) is 12.8 Å². The van der Waals surface area contributed by atoms with Gasteiger partial charge in [0.2, 0.25) is 0 Å². The molecule has 4 nitrogen and oxygen atoms in total. The highest BCUT2D eigenvalue weighted by Gasteiger charge is 2.50. The number of allylic oxidation sites excluding steroid dienone is 2. The van der Waals surface area contributed by atoms with E-state index in [1.165, 1.54) is 6.40 Å². The van der Waals surface area contributed by atoms with Gasteiger partial charge in [-0.1, -0.05) is 0 Å². The van der Waals surface area contributed by atoms with Gasteiger partial charge >= 0.3 is 0 Å². The molecule has 0 saturated heterocycles. The predicted octanol–water partition coefficient (Wildman–Crippen LogP) is 0.540. The molecule has 3 rings (SSSR count). The maximum Gasteiger partial charge on any atom is 0.293 e. The number of amides is 1. The summed E-state index contributed by atoms with van der Waals surface area (Å²) in [5, 5.41) is 0. The molecular weight excluding hydrogens is 182 g/mol. The number of fused-ring (bicyclic) bond motifs is 1. The Kier molecular flexibility index (Phi) is 1.21. The van der Waals surface area contributed by atoms with Gasteiger partial charge in [-0.05, 0) is 23.3 Å². The molecule has 0 bridgehead atoms. The lowest BCUT2D eigenvalue weighted by Crippen LogP contribution is -2.33. The van der Waals surface area contributed by atoms with Gasteiger partial charge in [0.15, 0.2) is 17.8 Å². The van der Waals surface area contributed by atoms with Crippen LogP contribution >= 0.6 is 0 Å². The van der Waals surface area contributed by atoms with E-state index in [4.69, 9.17) is 4.74 Å². The van der Waals surface area contributed by atoms with Gasteiger partial charge in [-0.15, -0.1) is 0 Å². The fourth-order valence-electron chi connectivity index (χ4n) is 2.16. The second-order valence-corrected chi connectivity index (χ2v) is 3.75. The Labute approximate surface area is 80.0 Å². The molecule has 1 heterocycles. The average Bonchev–Trinajstić information content (AvgIpc) is 2.68. The molecule has 1 saturated carbocycles. The Bertz CT molecular complexity index is 418. The monoisotopic (exact) mass is 189 g/mol. The van der Waals surface area contributed by atoms with Crippen LogP contribution < -0.4 is 0 Å². The van der Waals surface area contributed by atoms with Crippen molar-refractivity contribution in [3.05, 3.63) is 23.3 Å². The van der Waals surface area contributed by atoms with Crippen molar-refractivity contribution in [2.75, 3.05) is 0 Å². The number of ether oxygens (including phenoxy) is 1. The first kappa shape index (κ1) is 7.67. The van der Waals surface area contributed by atoms with Crippen LogP contribution in [0.15, 0.2) is 28.3 Å². The third kappa shape index (κ3) is 0.801. The maximum atomic E-state index is 11.4. The van der Waals surface area contributed by atoms with E-state index in [1.54, 1.807) is 12.2 Å². The summed E-state index contributed by atoms with van der Waals surface area (Å²) in [6.07, 6.45) is 5.29. The zero-order chi connectivity index (χ0) is 9.76. The highest BCUT2D eigenvalue weighted by atomic mass is 16.5. The number of aliphatic imine (C=N–C) groups is 1. The van der Waals surface area contributed by atoms with Gasteiger partial charge in [0.05, 0.1) is 0 Å². The largest absolute Gasteiger partial charge is 0.466 e. The van der Waals surface area contributed by atoms with Gasteiger partial charge in [-0.25, -0.2) is 0 Å². The highest BCUT2D eigenvalue weighted by molar-refractivity contribution is 6.06. The lowest BCUT2D eigenvalue weighted by Gasteiger charge is -2.17. The lowest BCUT2D eigenvalue weighted by atomic mass is 10.0. The topological polar surface area (TPSA) is 55.7 Å². The number of carbonyl (C=O) groups is 2. The normalized spacial score (nSPS) is 26.6. The fourth-order valence-corrected chi connectivity index (χ4v) is 2.16. The highest BCUT2D eigenvalue weighted by Crippen LogP contribution is 2.45. The fraction of sp³-hybridized carbons (Fsp3) is 0.300. The van der Waals surface area contributed by atoms with Crippen LogP contribution in [0, 0.1) is 0 Å². The van der Waals surface area contributed by atoms with Gasteiger partial charge in [-0.3, -0.25) is 9.59 Å². The molecule has 0 atom stereocenters. The van der Waals surface area contributed by atoms with Gasteiger partial charge in [0.25, 0.3) is 5.91 Å². The van der Waals surface area contributed by atoms with E-state index in [-0.39, 0.29) is 11.7 Å². The molecule has 1 aliphatic heterocycles. The second-order valence-electron chi connectivity index (χ2n) is 3.75. The number of ketones is 1. The van der Waals surface area contributed by atoms with Crippen molar-refractivity contribution in [2.45, 2.75) is 18.4 Å². The number of rotatable bonds is 0. The minimum absolute atomic E-state index is 0.0104. The molecule has 4 heteroatoms. The number of hydrogen-bond acceptors (Lipinski definition) is 3. The van der Waals surface area contributed by atoms with Crippen molar-refractivity contribution in [1.29, 1.82) is 0 Å². The van der Waals surface area contributed by atoms with Crippen LogP contribution in [0.2, 0.25) is 0 Å². The van der Waals surface area contributed by atoms with Crippen molar-refractivity contribution < 1.29 is 14.3 Å². The molecule has 1 spiro atoms. The van der Waals surface area contributed by atoms with Crippen molar-refractivity contribution in [3.8, 4) is 0 Å². The molecule has 0 N–H and O–H groups in total. The summed E-state index contributed by atoms with van der Waals surface area (Å²) in [6, 6.07) is 0. The third-order valence-electron chi connectivity index (χ3n) is 2.84. The summed E-state index contributed by atoms with van der Waals surface area (Å²) in [4.78, 5) is 26.1. The summed E-state index contributed by atoms with van der Waals surface area (Å²) in [7, 11) is 0. The minimum Gasteiger partial charge on any atom is -0.466 e. The van der Waals surface area contributed by atoms with Crippen LogP contribution in [-0.2, 0) is 14.3 Å². The van der Waals surface area contributed by atoms with E-state index in [0.29, 0.717) is 12.8 Å². The summed E-state index contributed by atoms with van der Waals surface area (Å²) in [5.74, 6) is -0.225. The van der Waals surface area contributed by atoms with Crippen LogP contribution in [0.1, 0.15) is 12.8 Å². The second kappa shape index (κ2) is 2.20. The first-order valence-electron chi connectivity index (χ1n) is 4.40. The Morgan fingerprint density at radius 2 is 1.86 bits per heavy atom. The summed E-state index contributed by atoms with van der Waals surface area (Å²) >= 11 is 0. The minimum atomic E-state index is -0.821. The van der Waals surface area contributed by atoms with Crippen LogP contribution in [0.4, 0.5) is 0 Å². The summed E-state index contributed by atoms with van der Waals surface area (Å²) in [6.45, 7) is 0. The molecule has 1 fully saturated rings. The van der Waals surface area contributed by atoms with Gasteiger partial charge in [-0.2, -0.15) is 4.99 Å². The first-order valence-corrected chi connectivity index (χ1v) is 4.40. The Hall–Kier alpha value is -1.71. The predicted molar refractivity (Wildman–Crippen MR) is 47.7 cm³/mol. The van der Waals surface area contributed by atoms with E-state index in [9.17, 15) is 9.59 Å². The quantitative estimate of drug-likeness (QED) is 0.558.